The zero-order chi connectivity index (χ0) is 15.9. The minimum Gasteiger partial charge on any atom is -0.494 e. The quantitative estimate of drug-likeness (QED) is 0.319. The van der Waals surface area contributed by atoms with E-state index in [-0.39, 0.29) is 11.8 Å². The Balaban J connectivity index is 1.79. The van der Waals surface area contributed by atoms with E-state index >= 15 is 0 Å². The van der Waals surface area contributed by atoms with Gasteiger partial charge in [-0.3, -0.25) is 14.5 Å². The van der Waals surface area contributed by atoms with Crippen LogP contribution in [0.25, 0.3) is 0 Å². The molecule has 0 N–H and O–H groups in total. The molecule has 4 heteroatoms. The molecule has 1 aromatic carbocycles. The monoisotopic (exact) mass is 299 g/mol. The number of carbonyl (C=O) groups is 2. The molecule has 1 aliphatic rings. The highest BCUT2D eigenvalue weighted by Crippen LogP contribution is 2.22. The second-order valence-electron chi connectivity index (χ2n) is 5.08. The van der Waals surface area contributed by atoms with Crippen LogP contribution in [0.15, 0.2) is 48.8 Å². The summed E-state index contributed by atoms with van der Waals surface area (Å²) in [5, 5.41) is 0. The fourth-order valence-electron chi connectivity index (χ4n) is 2.41. The average molecular weight is 299 g/mol. The summed E-state index contributed by atoms with van der Waals surface area (Å²) < 4.78 is 5.57. The smallest absolute Gasteiger partial charge is 0.261 e. The number of hydrogen-bond donors (Lipinski definition) is 0. The predicted octanol–water partition coefficient (Wildman–Crippen LogP) is 3.56. The second kappa shape index (κ2) is 7.59. The van der Waals surface area contributed by atoms with E-state index in [1.807, 2.05) is 13.0 Å². The van der Waals surface area contributed by atoms with Gasteiger partial charge in [-0.05, 0) is 43.5 Å². The highest BCUT2D eigenvalue weighted by atomic mass is 16.5. The third-order valence-corrected chi connectivity index (χ3v) is 3.53. The standard InChI is InChI=1S/C18H21NO3/c1-3-9-14(4-2)22-13-8-7-12-19-17(20)15-10-5-6-11-16(15)18(19)21/h4-6,9-11H,2-3,7-8,12-13H2,1H3/b14-9+. The number of benzene rings is 1. The molecular weight excluding hydrogens is 278 g/mol. The minimum absolute atomic E-state index is 0.195. The number of carbonyl (C=O) groups excluding carboxylic acids is 2. The molecule has 0 aliphatic carbocycles. The second-order valence-corrected chi connectivity index (χ2v) is 5.08. The zero-order valence-corrected chi connectivity index (χ0v) is 12.9. The number of hydrogen-bond acceptors (Lipinski definition) is 3. The van der Waals surface area contributed by atoms with Crippen LogP contribution in [0.4, 0.5) is 0 Å². The predicted molar refractivity (Wildman–Crippen MR) is 85.6 cm³/mol. The molecule has 4 nitrogen and oxygen atoms in total. The summed E-state index contributed by atoms with van der Waals surface area (Å²) in [6, 6.07) is 6.95. The Morgan fingerprint density at radius 3 is 2.36 bits per heavy atom. The van der Waals surface area contributed by atoms with Crippen molar-refractivity contribution in [1.29, 1.82) is 0 Å². The molecule has 0 spiro atoms. The van der Waals surface area contributed by atoms with E-state index in [4.69, 9.17) is 4.74 Å². The molecule has 0 aromatic heterocycles. The van der Waals surface area contributed by atoms with Crippen LogP contribution in [0.1, 0.15) is 46.9 Å². The maximum atomic E-state index is 12.2. The van der Waals surface area contributed by atoms with Gasteiger partial charge in [0, 0.05) is 6.54 Å². The van der Waals surface area contributed by atoms with Gasteiger partial charge >= 0.3 is 0 Å². The van der Waals surface area contributed by atoms with Gasteiger partial charge in [0.05, 0.1) is 17.7 Å². The van der Waals surface area contributed by atoms with Crippen molar-refractivity contribution in [3.63, 3.8) is 0 Å². The fourth-order valence-corrected chi connectivity index (χ4v) is 2.41. The molecule has 0 unspecified atom stereocenters. The lowest BCUT2D eigenvalue weighted by Gasteiger charge is -2.13. The molecule has 0 bridgehead atoms. The topological polar surface area (TPSA) is 46.6 Å². The van der Waals surface area contributed by atoms with Crippen LogP contribution < -0.4 is 0 Å². The third kappa shape index (κ3) is 3.45. The van der Waals surface area contributed by atoms with Crippen LogP contribution in [-0.4, -0.2) is 29.9 Å². The lowest BCUT2D eigenvalue weighted by molar-refractivity contribution is 0.0648. The summed E-state index contributed by atoms with van der Waals surface area (Å²) in [4.78, 5) is 25.6. The molecule has 2 amide bonds. The van der Waals surface area contributed by atoms with Crippen LogP contribution in [0, 0.1) is 0 Å². The lowest BCUT2D eigenvalue weighted by atomic mass is 10.1. The Bertz CT molecular complexity index is 569. The zero-order valence-electron chi connectivity index (χ0n) is 12.9. The van der Waals surface area contributed by atoms with Gasteiger partial charge in [0.1, 0.15) is 5.76 Å². The van der Waals surface area contributed by atoms with Gasteiger partial charge in [-0.2, -0.15) is 0 Å². The Hall–Kier alpha value is -2.36. The highest BCUT2D eigenvalue weighted by molar-refractivity contribution is 6.21. The van der Waals surface area contributed by atoms with E-state index in [1.165, 1.54) is 4.90 Å². The summed E-state index contributed by atoms with van der Waals surface area (Å²) in [6.45, 7) is 6.71. The molecule has 0 saturated heterocycles. The van der Waals surface area contributed by atoms with Crippen LogP contribution in [0.3, 0.4) is 0 Å². The first-order valence-electron chi connectivity index (χ1n) is 7.59. The van der Waals surface area contributed by atoms with Crippen LogP contribution in [0.2, 0.25) is 0 Å². The molecular formula is C18H21NO3. The van der Waals surface area contributed by atoms with Crippen LogP contribution in [-0.2, 0) is 4.74 Å². The highest BCUT2D eigenvalue weighted by Gasteiger charge is 2.34. The number of imide groups is 1. The van der Waals surface area contributed by atoms with Crippen molar-refractivity contribution >= 4 is 11.8 Å². The summed E-state index contributed by atoms with van der Waals surface area (Å²) in [7, 11) is 0. The van der Waals surface area contributed by atoms with Crippen LogP contribution >= 0.6 is 0 Å². The number of ether oxygens (including phenoxy) is 1. The largest absolute Gasteiger partial charge is 0.494 e. The van der Waals surface area contributed by atoms with Gasteiger partial charge in [0.25, 0.3) is 11.8 Å². The fraction of sp³-hybridized carbons (Fsp3) is 0.333. The molecule has 0 fully saturated rings. The Morgan fingerprint density at radius 2 is 1.82 bits per heavy atom. The van der Waals surface area contributed by atoms with E-state index in [0.29, 0.717) is 24.3 Å². The molecule has 1 aromatic rings. The molecule has 2 rings (SSSR count). The van der Waals surface area contributed by atoms with Crippen molar-refractivity contribution in [3.8, 4) is 0 Å². The molecule has 116 valence electrons. The summed E-state index contributed by atoms with van der Waals surface area (Å²) >= 11 is 0. The van der Waals surface area contributed by atoms with Crippen molar-refractivity contribution < 1.29 is 14.3 Å². The van der Waals surface area contributed by atoms with Crippen molar-refractivity contribution in [3.05, 3.63) is 59.9 Å². The lowest BCUT2D eigenvalue weighted by Crippen LogP contribution is -2.30. The third-order valence-electron chi connectivity index (χ3n) is 3.53. The van der Waals surface area contributed by atoms with Gasteiger partial charge < -0.3 is 4.74 Å². The van der Waals surface area contributed by atoms with Crippen molar-refractivity contribution in [1.82, 2.24) is 4.90 Å². The van der Waals surface area contributed by atoms with Gasteiger partial charge in [0.15, 0.2) is 0 Å². The molecule has 0 radical (unpaired) electrons. The first kappa shape index (κ1) is 16.0. The van der Waals surface area contributed by atoms with Crippen molar-refractivity contribution in [2.45, 2.75) is 26.2 Å². The number of allylic oxidation sites excluding steroid dienone is 2. The molecule has 0 saturated carbocycles. The first-order chi connectivity index (χ1) is 10.7. The van der Waals surface area contributed by atoms with Crippen molar-refractivity contribution in [2.24, 2.45) is 0 Å². The number of unbranched alkanes of at least 4 members (excludes halogenated alkanes) is 1. The van der Waals surface area contributed by atoms with Crippen molar-refractivity contribution in [2.75, 3.05) is 13.2 Å². The van der Waals surface area contributed by atoms with Crippen LogP contribution in [0.5, 0.6) is 0 Å². The van der Waals surface area contributed by atoms with E-state index in [9.17, 15) is 9.59 Å². The summed E-state index contributed by atoms with van der Waals surface area (Å²) in [5.41, 5.74) is 1.01. The van der Waals surface area contributed by atoms with E-state index in [1.54, 1.807) is 30.3 Å². The first-order valence-corrected chi connectivity index (χ1v) is 7.59. The normalized spacial score (nSPS) is 14.2. The van der Waals surface area contributed by atoms with Gasteiger partial charge in [-0.25, -0.2) is 0 Å². The maximum Gasteiger partial charge on any atom is 0.261 e. The SMILES string of the molecule is C=C/C(=C\CC)OCCCCN1C(=O)c2ccccc2C1=O. The number of amides is 2. The average Bonchev–Trinajstić information content (AvgIpc) is 2.78. The number of fused-ring (bicyclic) bond motifs is 1. The summed E-state index contributed by atoms with van der Waals surface area (Å²) in [6.07, 6.45) is 6.06. The number of nitrogens with zero attached hydrogens (tertiary/aromatic N) is 1. The Labute approximate surface area is 131 Å². The Kier molecular flexibility index (Phi) is 5.53. The van der Waals surface area contributed by atoms with E-state index < -0.39 is 0 Å². The molecule has 1 aliphatic heterocycles. The molecule has 22 heavy (non-hydrogen) atoms. The van der Waals surface area contributed by atoms with Gasteiger partial charge in [0.2, 0.25) is 0 Å². The summed E-state index contributed by atoms with van der Waals surface area (Å²) in [5.74, 6) is 0.390. The molecule has 0 atom stereocenters. The van der Waals surface area contributed by atoms with Gasteiger partial charge in [-0.15, -0.1) is 0 Å². The minimum atomic E-state index is -0.195. The van der Waals surface area contributed by atoms with E-state index in [2.05, 4.69) is 6.58 Å². The molecule has 1 heterocycles. The number of rotatable bonds is 8. The Morgan fingerprint density at radius 1 is 1.18 bits per heavy atom. The van der Waals surface area contributed by atoms with E-state index in [0.717, 1.165) is 25.0 Å². The van der Waals surface area contributed by atoms with Gasteiger partial charge in [-0.1, -0.05) is 25.6 Å². The maximum absolute atomic E-state index is 12.2.